The summed E-state index contributed by atoms with van der Waals surface area (Å²) in [5, 5.41) is 12.4. The van der Waals surface area contributed by atoms with Gasteiger partial charge >= 0.3 is 5.00 Å². The Morgan fingerprint density at radius 2 is 2.11 bits per heavy atom. The summed E-state index contributed by atoms with van der Waals surface area (Å²) in [5.41, 5.74) is 3.16. The largest absolute Gasteiger partial charge is 0.324 e. The van der Waals surface area contributed by atoms with Gasteiger partial charge in [-0.15, -0.1) is 0 Å². The highest BCUT2D eigenvalue weighted by molar-refractivity contribution is 7.13. The average molecular weight is 271 g/mol. The van der Waals surface area contributed by atoms with E-state index in [0.717, 1.165) is 22.5 Å². The van der Waals surface area contributed by atoms with Gasteiger partial charge in [0, 0.05) is 29.0 Å². The highest BCUT2D eigenvalue weighted by atomic mass is 32.1. The molecule has 0 saturated carbocycles. The van der Waals surface area contributed by atoms with E-state index < -0.39 is 4.92 Å². The van der Waals surface area contributed by atoms with Crippen LogP contribution in [0.5, 0.6) is 0 Å². The van der Waals surface area contributed by atoms with Crippen molar-refractivity contribution in [3.63, 3.8) is 0 Å². The molecule has 0 saturated heterocycles. The molecule has 94 valence electrons. The smallest absolute Gasteiger partial charge is 0.289 e. The second kappa shape index (κ2) is 4.44. The first-order valence-electron chi connectivity index (χ1n) is 5.71. The summed E-state index contributed by atoms with van der Waals surface area (Å²) in [7, 11) is 0. The van der Waals surface area contributed by atoms with Gasteiger partial charge in [-0.2, -0.15) is 0 Å². The van der Waals surface area contributed by atoms with E-state index in [2.05, 4.69) is 0 Å². The number of thiophene rings is 1. The first-order valence-corrected chi connectivity index (χ1v) is 6.59. The maximum Gasteiger partial charge on any atom is 0.324 e. The van der Waals surface area contributed by atoms with Crippen molar-refractivity contribution in [1.29, 1.82) is 0 Å². The number of rotatable bonds is 2. The monoisotopic (exact) mass is 271 g/mol. The van der Waals surface area contributed by atoms with Gasteiger partial charge in [-0.25, -0.2) is 0 Å². The second-order valence-electron chi connectivity index (χ2n) is 4.31. The molecule has 0 amide bonds. The summed E-state index contributed by atoms with van der Waals surface area (Å²) in [5.74, 6) is 0.0180. The molecule has 0 unspecified atom stereocenters. The molecule has 0 atom stereocenters. The number of nitrogens with zero attached hydrogens (tertiary/aromatic N) is 1. The minimum Gasteiger partial charge on any atom is -0.289 e. The summed E-state index contributed by atoms with van der Waals surface area (Å²) < 4.78 is 0. The Bertz CT molecular complexity index is 715. The first-order chi connectivity index (χ1) is 9.15. The van der Waals surface area contributed by atoms with Crippen LogP contribution < -0.4 is 0 Å². The number of allylic oxidation sites excluding steroid dienone is 1. The number of hydrogen-bond acceptors (Lipinski definition) is 4. The summed E-state index contributed by atoms with van der Waals surface area (Å²) in [4.78, 5) is 22.3. The number of fused-ring (bicyclic) bond motifs is 1. The van der Waals surface area contributed by atoms with Crippen LogP contribution in [-0.4, -0.2) is 10.7 Å². The molecule has 1 aliphatic carbocycles. The van der Waals surface area contributed by atoms with Gasteiger partial charge in [0.25, 0.3) is 0 Å². The lowest BCUT2D eigenvalue weighted by molar-refractivity contribution is -0.380. The molecule has 1 aromatic carbocycles. The van der Waals surface area contributed by atoms with Gasteiger partial charge < -0.3 is 0 Å². The third-order valence-corrected chi connectivity index (χ3v) is 3.96. The van der Waals surface area contributed by atoms with Crippen molar-refractivity contribution in [2.45, 2.75) is 6.42 Å². The fourth-order valence-electron chi connectivity index (χ4n) is 2.18. The van der Waals surface area contributed by atoms with E-state index in [4.69, 9.17) is 0 Å². The Kier molecular flexibility index (Phi) is 2.76. The Balaban J connectivity index is 1.94. The fourth-order valence-corrected chi connectivity index (χ4v) is 2.87. The first kappa shape index (κ1) is 11.8. The summed E-state index contributed by atoms with van der Waals surface area (Å²) >= 11 is 1.07. The Morgan fingerprint density at radius 3 is 2.79 bits per heavy atom. The minimum absolute atomic E-state index is 0.0180. The van der Waals surface area contributed by atoms with E-state index in [1.807, 2.05) is 24.3 Å². The molecule has 0 bridgehead atoms. The third-order valence-electron chi connectivity index (χ3n) is 3.06. The Hall–Kier alpha value is -2.27. The van der Waals surface area contributed by atoms with Crippen LogP contribution in [0.15, 0.2) is 41.3 Å². The lowest BCUT2D eigenvalue weighted by Crippen LogP contribution is -1.94. The standard InChI is InChI=1S/C14H9NO3S/c16-14-11(7-10-3-1-2-4-12(10)14)5-9-6-13(15(17)18)19-8-9/h1-6,8H,7H2/b11-5+. The van der Waals surface area contributed by atoms with Crippen molar-refractivity contribution < 1.29 is 9.72 Å². The molecule has 1 heterocycles. The predicted molar refractivity (Wildman–Crippen MR) is 73.4 cm³/mol. The zero-order valence-electron chi connectivity index (χ0n) is 9.83. The zero-order chi connectivity index (χ0) is 13.4. The van der Waals surface area contributed by atoms with Crippen molar-refractivity contribution >= 4 is 28.2 Å². The van der Waals surface area contributed by atoms with Crippen molar-refractivity contribution in [3.8, 4) is 0 Å². The quantitative estimate of drug-likeness (QED) is 0.477. The molecule has 19 heavy (non-hydrogen) atoms. The van der Waals surface area contributed by atoms with E-state index in [9.17, 15) is 14.9 Å². The van der Waals surface area contributed by atoms with Crippen LogP contribution in [0.3, 0.4) is 0 Å². The van der Waals surface area contributed by atoms with E-state index in [-0.39, 0.29) is 10.8 Å². The number of carbonyl (C=O) groups is 1. The van der Waals surface area contributed by atoms with E-state index >= 15 is 0 Å². The van der Waals surface area contributed by atoms with Crippen molar-refractivity contribution in [2.24, 2.45) is 0 Å². The number of hydrogen-bond donors (Lipinski definition) is 0. The molecule has 3 rings (SSSR count). The lowest BCUT2D eigenvalue weighted by Gasteiger charge is -1.92. The predicted octanol–water partition coefficient (Wildman–Crippen LogP) is 3.48. The zero-order valence-corrected chi connectivity index (χ0v) is 10.6. The highest BCUT2D eigenvalue weighted by Gasteiger charge is 2.24. The van der Waals surface area contributed by atoms with Crippen LogP contribution in [-0.2, 0) is 6.42 Å². The minimum atomic E-state index is -0.419. The molecule has 0 N–H and O–H groups in total. The number of ketones is 1. The second-order valence-corrected chi connectivity index (χ2v) is 5.20. The van der Waals surface area contributed by atoms with Gasteiger partial charge in [-0.05, 0) is 17.2 Å². The molecule has 1 aliphatic rings. The van der Waals surface area contributed by atoms with Gasteiger partial charge in [-0.3, -0.25) is 14.9 Å². The van der Waals surface area contributed by atoms with E-state index in [1.54, 1.807) is 11.5 Å². The molecule has 1 aromatic heterocycles. The Morgan fingerprint density at radius 1 is 1.32 bits per heavy atom. The number of benzene rings is 1. The maximum absolute atomic E-state index is 12.1. The highest BCUT2D eigenvalue weighted by Crippen LogP contribution is 2.30. The molecule has 2 aromatic rings. The fraction of sp³-hybridized carbons (Fsp3) is 0.0714. The van der Waals surface area contributed by atoms with Crippen LogP contribution in [0, 0.1) is 10.1 Å². The van der Waals surface area contributed by atoms with Gasteiger partial charge in [0.2, 0.25) is 0 Å². The average Bonchev–Trinajstić information content (AvgIpc) is 2.97. The third kappa shape index (κ3) is 2.08. The summed E-state index contributed by atoms with van der Waals surface area (Å²) in [6.07, 6.45) is 2.34. The number of carbonyl (C=O) groups excluding carboxylic acids is 1. The molecular formula is C14H9NO3S. The molecule has 0 aliphatic heterocycles. The van der Waals surface area contributed by atoms with Gasteiger partial charge in [-0.1, -0.05) is 35.6 Å². The molecular weight excluding hydrogens is 262 g/mol. The topological polar surface area (TPSA) is 60.2 Å². The van der Waals surface area contributed by atoms with Crippen molar-refractivity contribution in [2.75, 3.05) is 0 Å². The summed E-state index contributed by atoms with van der Waals surface area (Å²) in [6, 6.07) is 8.99. The molecule has 0 fully saturated rings. The lowest BCUT2D eigenvalue weighted by atomic mass is 10.1. The number of Topliss-reactive ketones (excluding diaryl/α,β-unsaturated/α-hetero) is 1. The van der Waals surface area contributed by atoms with E-state index in [1.165, 1.54) is 6.07 Å². The van der Waals surface area contributed by atoms with Crippen LogP contribution >= 0.6 is 11.3 Å². The molecule has 4 nitrogen and oxygen atoms in total. The Labute approximate surface area is 113 Å². The van der Waals surface area contributed by atoms with E-state index in [0.29, 0.717) is 17.6 Å². The van der Waals surface area contributed by atoms with Crippen LogP contribution in [0.2, 0.25) is 0 Å². The molecule has 5 heteroatoms. The van der Waals surface area contributed by atoms with Crippen LogP contribution in [0.25, 0.3) is 6.08 Å². The van der Waals surface area contributed by atoms with Crippen LogP contribution in [0.1, 0.15) is 21.5 Å². The summed E-state index contributed by atoms with van der Waals surface area (Å²) in [6.45, 7) is 0. The van der Waals surface area contributed by atoms with Crippen molar-refractivity contribution in [1.82, 2.24) is 0 Å². The van der Waals surface area contributed by atoms with Gasteiger partial charge in [0.1, 0.15) is 0 Å². The number of nitro groups is 1. The molecule has 0 radical (unpaired) electrons. The maximum atomic E-state index is 12.1. The SMILES string of the molecule is O=C1/C(=C/c2csc([N+](=O)[O-])c2)Cc2ccccc21. The molecule has 0 spiro atoms. The van der Waals surface area contributed by atoms with Gasteiger partial charge in [0.05, 0.1) is 4.92 Å². The van der Waals surface area contributed by atoms with Crippen molar-refractivity contribution in [3.05, 3.63) is 68.1 Å². The van der Waals surface area contributed by atoms with Crippen LogP contribution in [0.4, 0.5) is 5.00 Å². The normalized spacial score (nSPS) is 15.8. The van der Waals surface area contributed by atoms with Gasteiger partial charge in [0.15, 0.2) is 5.78 Å².